The van der Waals surface area contributed by atoms with Gasteiger partial charge in [0.05, 0.1) is 17.7 Å². The van der Waals surface area contributed by atoms with Crippen molar-refractivity contribution in [3.8, 4) is 0 Å². The number of halogens is 3. The number of hydrogen-bond donors (Lipinski definition) is 2. The average Bonchev–Trinajstić information content (AvgIpc) is 2.41. The van der Waals surface area contributed by atoms with E-state index in [0.717, 1.165) is 15.7 Å². The molecule has 100 valence electrons. The molecule has 2 aromatic carbocycles. The maximum atomic E-state index is 9.50. The molecule has 0 radical (unpaired) electrons. The van der Waals surface area contributed by atoms with E-state index in [1.54, 1.807) is 18.2 Å². The quantitative estimate of drug-likeness (QED) is 0.812. The Bertz CT molecular complexity index is 560. The summed E-state index contributed by atoms with van der Waals surface area (Å²) in [6, 6.07) is 12.7. The third-order valence-electron chi connectivity index (χ3n) is 2.72. The van der Waals surface area contributed by atoms with Gasteiger partial charge < -0.3 is 10.4 Å². The molecule has 0 aliphatic carbocycles. The number of nitrogens with one attached hydrogen (secondary N) is 1. The first-order valence-electron chi connectivity index (χ1n) is 5.68. The summed E-state index contributed by atoms with van der Waals surface area (Å²) in [5.74, 6) is 0. The van der Waals surface area contributed by atoms with Crippen LogP contribution in [0.25, 0.3) is 0 Å². The van der Waals surface area contributed by atoms with E-state index in [-0.39, 0.29) is 12.6 Å². The molecule has 1 atom stereocenters. The van der Waals surface area contributed by atoms with Crippen LogP contribution in [0.1, 0.15) is 11.6 Å². The number of aliphatic hydroxyl groups excluding tert-OH is 1. The maximum Gasteiger partial charge on any atom is 0.0745 e. The van der Waals surface area contributed by atoms with Crippen LogP contribution < -0.4 is 5.32 Å². The van der Waals surface area contributed by atoms with Gasteiger partial charge in [-0.1, -0.05) is 35.3 Å². The lowest BCUT2D eigenvalue weighted by atomic mass is 10.1. The van der Waals surface area contributed by atoms with Crippen molar-refractivity contribution >= 4 is 44.8 Å². The molecule has 19 heavy (non-hydrogen) atoms. The second kappa shape index (κ2) is 6.62. The fraction of sp³-hybridized carbons (Fsp3) is 0.143. The molecule has 0 aliphatic heterocycles. The Morgan fingerprint density at radius 2 is 1.79 bits per heavy atom. The highest BCUT2D eigenvalue weighted by Gasteiger charge is 2.10. The summed E-state index contributed by atoms with van der Waals surface area (Å²) in [5.41, 5.74) is 1.85. The van der Waals surface area contributed by atoms with Gasteiger partial charge in [-0.3, -0.25) is 0 Å². The average molecular weight is 361 g/mol. The van der Waals surface area contributed by atoms with Crippen LogP contribution in [0.15, 0.2) is 46.9 Å². The highest BCUT2D eigenvalue weighted by molar-refractivity contribution is 9.10. The van der Waals surface area contributed by atoms with E-state index in [0.29, 0.717) is 10.0 Å². The molecule has 0 saturated heterocycles. The van der Waals surface area contributed by atoms with E-state index in [1.807, 2.05) is 24.3 Å². The number of hydrogen-bond acceptors (Lipinski definition) is 2. The minimum atomic E-state index is -0.189. The van der Waals surface area contributed by atoms with Crippen LogP contribution in [0, 0.1) is 0 Å². The zero-order valence-corrected chi connectivity index (χ0v) is 13.0. The van der Waals surface area contributed by atoms with Crippen molar-refractivity contribution in [2.45, 2.75) is 6.04 Å². The first kappa shape index (κ1) is 14.7. The molecule has 0 aromatic heterocycles. The molecular weight excluding hydrogens is 349 g/mol. The van der Waals surface area contributed by atoms with Gasteiger partial charge in [0.25, 0.3) is 0 Å². The molecule has 2 rings (SSSR count). The SMILES string of the molecule is OCC(Nc1ccc(Cl)c(Br)c1)c1ccc(Cl)cc1. The molecule has 0 spiro atoms. The Hall–Kier alpha value is -0.740. The monoisotopic (exact) mass is 359 g/mol. The topological polar surface area (TPSA) is 32.3 Å². The predicted octanol–water partition coefficient (Wildman–Crippen LogP) is 4.90. The van der Waals surface area contributed by atoms with E-state index < -0.39 is 0 Å². The number of aliphatic hydroxyl groups is 1. The standard InChI is InChI=1S/C14H12BrCl2NO/c15-12-7-11(5-6-13(12)17)18-14(8-19)9-1-3-10(16)4-2-9/h1-7,14,18-19H,8H2. The number of anilines is 1. The summed E-state index contributed by atoms with van der Waals surface area (Å²) < 4.78 is 0.812. The molecule has 2 N–H and O–H groups in total. The lowest BCUT2D eigenvalue weighted by Gasteiger charge is -2.18. The Kier molecular flexibility index (Phi) is 5.11. The summed E-state index contributed by atoms with van der Waals surface area (Å²) in [6.07, 6.45) is 0. The third-order valence-corrected chi connectivity index (χ3v) is 4.18. The third kappa shape index (κ3) is 3.86. The smallest absolute Gasteiger partial charge is 0.0745 e. The van der Waals surface area contributed by atoms with E-state index in [9.17, 15) is 5.11 Å². The van der Waals surface area contributed by atoms with Crippen LogP contribution >= 0.6 is 39.1 Å². The highest BCUT2D eigenvalue weighted by atomic mass is 79.9. The van der Waals surface area contributed by atoms with Crippen LogP contribution in [-0.2, 0) is 0 Å². The van der Waals surface area contributed by atoms with Crippen molar-refractivity contribution < 1.29 is 5.11 Å². The largest absolute Gasteiger partial charge is 0.394 e. The normalized spacial score (nSPS) is 12.2. The van der Waals surface area contributed by atoms with E-state index >= 15 is 0 Å². The first-order chi connectivity index (χ1) is 9.10. The van der Waals surface area contributed by atoms with Crippen molar-refractivity contribution in [3.05, 3.63) is 62.5 Å². The van der Waals surface area contributed by atoms with Crippen molar-refractivity contribution in [2.75, 3.05) is 11.9 Å². The lowest BCUT2D eigenvalue weighted by molar-refractivity contribution is 0.276. The zero-order chi connectivity index (χ0) is 13.8. The minimum absolute atomic E-state index is 0.0120. The van der Waals surface area contributed by atoms with E-state index in [4.69, 9.17) is 23.2 Å². The van der Waals surface area contributed by atoms with E-state index in [2.05, 4.69) is 21.2 Å². The van der Waals surface area contributed by atoms with Crippen molar-refractivity contribution in [1.82, 2.24) is 0 Å². The summed E-state index contributed by atoms with van der Waals surface area (Å²) in [4.78, 5) is 0. The summed E-state index contributed by atoms with van der Waals surface area (Å²) in [7, 11) is 0. The molecule has 5 heteroatoms. The molecule has 2 aromatic rings. The lowest BCUT2D eigenvalue weighted by Crippen LogP contribution is -2.14. The van der Waals surface area contributed by atoms with Gasteiger partial charge in [0.2, 0.25) is 0 Å². The Morgan fingerprint density at radius 1 is 1.11 bits per heavy atom. The molecule has 2 nitrogen and oxygen atoms in total. The van der Waals surface area contributed by atoms with Crippen molar-refractivity contribution in [3.63, 3.8) is 0 Å². The van der Waals surface area contributed by atoms with Gasteiger partial charge in [0.1, 0.15) is 0 Å². The van der Waals surface area contributed by atoms with Crippen molar-refractivity contribution in [1.29, 1.82) is 0 Å². The fourth-order valence-electron chi connectivity index (χ4n) is 1.72. The summed E-state index contributed by atoms with van der Waals surface area (Å²) in [5, 5.41) is 14.1. The van der Waals surface area contributed by atoms with Gasteiger partial charge >= 0.3 is 0 Å². The van der Waals surface area contributed by atoms with Crippen LogP contribution in [0.4, 0.5) is 5.69 Å². The Labute approximate surface area is 130 Å². The molecule has 0 aliphatic rings. The van der Waals surface area contributed by atoms with Crippen LogP contribution in [-0.4, -0.2) is 11.7 Å². The van der Waals surface area contributed by atoms with E-state index in [1.165, 1.54) is 0 Å². The summed E-state index contributed by atoms with van der Waals surface area (Å²) >= 11 is 15.2. The zero-order valence-electron chi connectivity index (χ0n) is 9.91. The number of rotatable bonds is 4. The Balaban J connectivity index is 2.18. The van der Waals surface area contributed by atoms with Gasteiger partial charge in [-0.2, -0.15) is 0 Å². The number of benzene rings is 2. The molecular formula is C14H12BrCl2NO. The van der Waals surface area contributed by atoms with Gasteiger partial charge in [-0.15, -0.1) is 0 Å². The predicted molar refractivity (Wildman–Crippen MR) is 84.1 cm³/mol. The molecule has 0 saturated carbocycles. The Morgan fingerprint density at radius 3 is 2.37 bits per heavy atom. The van der Waals surface area contributed by atoms with Gasteiger partial charge in [-0.25, -0.2) is 0 Å². The first-order valence-corrected chi connectivity index (χ1v) is 7.23. The minimum Gasteiger partial charge on any atom is -0.394 e. The second-order valence-electron chi connectivity index (χ2n) is 4.06. The molecule has 0 bridgehead atoms. The maximum absolute atomic E-state index is 9.50. The molecule has 0 heterocycles. The van der Waals surface area contributed by atoms with Gasteiger partial charge in [0, 0.05) is 15.2 Å². The second-order valence-corrected chi connectivity index (χ2v) is 5.76. The van der Waals surface area contributed by atoms with Crippen LogP contribution in [0.2, 0.25) is 10.0 Å². The molecule has 0 amide bonds. The highest BCUT2D eigenvalue weighted by Crippen LogP contribution is 2.28. The van der Waals surface area contributed by atoms with Gasteiger partial charge in [-0.05, 0) is 51.8 Å². The molecule has 1 unspecified atom stereocenters. The van der Waals surface area contributed by atoms with Crippen molar-refractivity contribution in [2.24, 2.45) is 0 Å². The fourth-order valence-corrected chi connectivity index (χ4v) is 2.34. The van der Waals surface area contributed by atoms with Gasteiger partial charge in [0.15, 0.2) is 0 Å². The summed E-state index contributed by atoms with van der Waals surface area (Å²) in [6.45, 7) is -0.0120. The van der Waals surface area contributed by atoms with Crippen LogP contribution in [0.5, 0.6) is 0 Å². The van der Waals surface area contributed by atoms with Crippen LogP contribution in [0.3, 0.4) is 0 Å². The molecule has 0 fully saturated rings.